The van der Waals surface area contributed by atoms with Crippen LogP contribution in [0.25, 0.3) is 0 Å². The number of amides is 1. The maximum atomic E-state index is 12.1. The van der Waals surface area contributed by atoms with Crippen LogP contribution >= 0.6 is 12.2 Å². The second-order valence-electron chi connectivity index (χ2n) is 5.05. The van der Waals surface area contributed by atoms with Crippen LogP contribution in [-0.4, -0.2) is 10.9 Å². The summed E-state index contributed by atoms with van der Waals surface area (Å²) in [4.78, 5) is 12.3. The average Bonchev–Trinajstić information content (AvgIpc) is 2.57. The van der Waals surface area contributed by atoms with Crippen molar-refractivity contribution < 1.29 is 9.21 Å². The summed E-state index contributed by atoms with van der Waals surface area (Å²) < 4.78 is 5.45. The van der Waals surface area contributed by atoms with Crippen molar-refractivity contribution in [2.45, 2.75) is 40.7 Å². The molecule has 1 rings (SSSR count). The minimum absolute atomic E-state index is 0.136. The van der Waals surface area contributed by atoms with Crippen LogP contribution in [0.4, 0.5) is 0 Å². The second-order valence-corrected chi connectivity index (χ2v) is 5.49. The standard InChI is InChI=1S/C13H20N2O2S/c1-7-6-10(9(3)17-7)8(2)15-12(16)13(4,5)11(14)18/h6,8H,1-5H3,(H2,14,18)(H,15,16). The van der Waals surface area contributed by atoms with Gasteiger partial charge in [0.25, 0.3) is 0 Å². The summed E-state index contributed by atoms with van der Waals surface area (Å²) in [7, 11) is 0. The molecular weight excluding hydrogens is 248 g/mol. The summed E-state index contributed by atoms with van der Waals surface area (Å²) in [6, 6.07) is 1.79. The molecule has 0 aliphatic heterocycles. The number of hydrogen-bond acceptors (Lipinski definition) is 3. The zero-order valence-electron chi connectivity index (χ0n) is 11.5. The smallest absolute Gasteiger partial charge is 0.232 e. The number of hydrogen-bond donors (Lipinski definition) is 2. The molecule has 0 aromatic carbocycles. The van der Waals surface area contributed by atoms with Crippen molar-refractivity contribution >= 4 is 23.1 Å². The van der Waals surface area contributed by atoms with Gasteiger partial charge in [-0.3, -0.25) is 4.79 Å². The van der Waals surface area contributed by atoms with E-state index in [0.29, 0.717) is 0 Å². The third-order valence-corrected chi connectivity index (χ3v) is 3.59. The minimum Gasteiger partial charge on any atom is -0.466 e. The third-order valence-electron chi connectivity index (χ3n) is 3.08. The van der Waals surface area contributed by atoms with Gasteiger partial charge in [-0.15, -0.1) is 0 Å². The maximum Gasteiger partial charge on any atom is 0.232 e. The highest BCUT2D eigenvalue weighted by molar-refractivity contribution is 7.80. The number of thiocarbonyl (C=S) groups is 1. The van der Waals surface area contributed by atoms with Crippen LogP contribution in [0.15, 0.2) is 10.5 Å². The van der Waals surface area contributed by atoms with E-state index in [1.807, 2.05) is 26.8 Å². The van der Waals surface area contributed by atoms with Crippen molar-refractivity contribution in [2.75, 3.05) is 0 Å². The molecule has 0 saturated heterocycles. The summed E-state index contributed by atoms with van der Waals surface area (Å²) in [6.45, 7) is 9.09. The van der Waals surface area contributed by atoms with Gasteiger partial charge in [0.2, 0.25) is 5.91 Å². The quantitative estimate of drug-likeness (QED) is 0.823. The molecule has 0 aliphatic carbocycles. The molecule has 5 heteroatoms. The molecule has 0 fully saturated rings. The van der Waals surface area contributed by atoms with Crippen LogP contribution < -0.4 is 11.1 Å². The van der Waals surface area contributed by atoms with Crippen LogP contribution in [0.1, 0.15) is 43.9 Å². The summed E-state index contributed by atoms with van der Waals surface area (Å²) in [6.07, 6.45) is 0. The van der Waals surface area contributed by atoms with Crippen molar-refractivity contribution in [1.29, 1.82) is 0 Å². The molecule has 0 saturated carbocycles. The Kier molecular flexibility index (Phi) is 4.16. The van der Waals surface area contributed by atoms with Crippen LogP contribution in [0.5, 0.6) is 0 Å². The van der Waals surface area contributed by atoms with E-state index in [0.717, 1.165) is 17.1 Å². The van der Waals surface area contributed by atoms with E-state index in [9.17, 15) is 4.79 Å². The number of aryl methyl sites for hydroxylation is 2. The first kappa shape index (κ1) is 14.7. The Morgan fingerprint density at radius 2 is 2.06 bits per heavy atom. The SMILES string of the molecule is Cc1cc(C(C)NC(=O)C(C)(C)C(N)=S)c(C)o1. The van der Waals surface area contributed by atoms with Gasteiger partial charge < -0.3 is 15.5 Å². The molecule has 18 heavy (non-hydrogen) atoms. The van der Waals surface area contributed by atoms with Crippen molar-refractivity contribution in [3.05, 3.63) is 23.2 Å². The highest BCUT2D eigenvalue weighted by atomic mass is 32.1. The zero-order chi connectivity index (χ0) is 14.1. The van der Waals surface area contributed by atoms with E-state index in [2.05, 4.69) is 5.32 Å². The molecule has 0 spiro atoms. The molecule has 4 nitrogen and oxygen atoms in total. The Hall–Kier alpha value is -1.36. The normalized spacial score (nSPS) is 13.2. The summed E-state index contributed by atoms with van der Waals surface area (Å²) in [5.74, 6) is 1.46. The molecule has 100 valence electrons. The molecule has 1 atom stereocenters. The molecule has 1 amide bonds. The Bertz CT molecular complexity index is 477. The fraction of sp³-hybridized carbons (Fsp3) is 0.538. The van der Waals surface area contributed by atoms with E-state index >= 15 is 0 Å². The number of carbonyl (C=O) groups excluding carboxylic acids is 1. The van der Waals surface area contributed by atoms with Crippen molar-refractivity contribution in [2.24, 2.45) is 11.1 Å². The second kappa shape index (κ2) is 5.10. The lowest BCUT2D eigenvalue weighted by Crippen LogP contribution is -2.45. The van der Waals surface area contributed by atoms with Gasteiger partial charge in [0.1, 0.15) is 11.5 Å². The van der Waals surface area contributed by atoms with Gasteiger partial charge in [-0.25, -0.2) is 0 Å². The molecule has 1 unspecified atom stereocenters. The molecule has 0 aliphatic rings. The Morgan fingerprint density at radius 1 is 1.50 bits per heavy atom. The van der Waals surface area contributed by atoms with Crippen LogP contribution in [0, 0.1) is 19.3 Å². The van der Waals surface area contributed by atoms with E-state index in [1.54, 1.807) is 13.8 Å². The van der Waals surface area contributed by atoms with Crippen molar-refractivity contribution in [1.82, 2.24) is 5.32 Å². The monoisotopic (exact) mass is 268 g/mol. The summed E-state index contributed by atoms with van der Waals surface area (Å²) in [5.41, 5.74) is 5.69. The predicted molar refractivity (Wildman–Crippen MR) is 75.3 cm³/mol. The zero-order valence-corrected chi connectivity index (χ0v) is 12.3. The van der Waals surface area contributed by atoms with E-state index in [1.165, 1.54) is 0 Å². The highest BCUT2D eigenvalue weighted by Crippen LogP contribution is 2.23. The lowest BCUT2D eigenvalue weighted by molar-refractivity contribution is -0.126. The predicted octanol–water partition coefficient (Wildman–Crippen LogP) is 2.39. The van der Waals surface area contributed by atoms with Gasteiger partial charge in [-0.2, -0.15) is 0 Å². The fourth-order valence-corrected chi connectivity index (χ4v) is 1.74. The number of furan rings is 1. The van der Waals surface area contributed by atoms with Crippen molar-refractivity contribution in [3.63, 3.8) is 0 Å². The third kappa shape index (κ3) is 2.90. The molecule has 1 heterocycles. The summed E-state index contributed by atoms with van der Waals surface area (Å²) >= 11 is 4.91. The molecule has 0 radical (unpaired) electrons. The molecule has 1 aromatic rings. The van der Waals surface area contributed by atoms with Gasteiger partial charge in [0.15, 0.2) is 0 Å². The fourth-order valence-electron chi connectivity index (χ4n) is 1.65. The number of rotatable bonds is 4. The Morgan fingerprint density at radius 3 is 2.44 bits per heavy atom. The van der Waals surface area contributed by atoms with Crippen LogP contribution in [0.2, 0.25) is 0 Å². The number of nitrogens with two attached hydrogens (primary N) is 1. The first-order valence-electron chi connectivity index (χ1n) is 5.84. The minimum atomic E-state index is -0.851. The lowest BCUT2D eigenvalue weighted by atomic mass is 9.91. The Balaban J connectivity index is 2.83. The van der Waals surface area contributed by atoms with Crippen LogP contribution in [0.3, 0.4) is 0 Å². The first-order valence-corrected chi connectivity index (χ1v) is 6.25. The first-order chi connectivity index (χ1) is 8.16. The average molecular weight is 268 g/mol. The maximum absolute atomic E-state index is 12.1. The van der Waals surface area contributed by atoms with Gasteiger partial charge >= 0.3 is 0 Å². The molecule has 3 N–H and O–H groups in total. The van der Waals surface area contributed by atoms with E-state index < -0.39 is 5.41 Å². The van der Waals surface area contributed by atoms with Crippen LogP contribution in [-0.2, 0) is 4.79 Å². The van der Waals surface area contributed by atoms with Gasteiger partial charge in [-0.1, -0.05) is 12.2 Å². The topological polar surface area (TPSA) is 68.3 Å². The van der Waals surface area contributed by atoms with Crippen molar-refractivity contribution in [3.8, 4) is 0 Å². The molecule has 0 bridgehead atoms. The van der Waals surface area contributed by atoms with Gasteiger partial charge in [0, 0.05) is 5.56 Å². The highest BCUT2D eigenvalue weighted by Gasteiger charge is 2.32. The van der Waals surface area contributed by atoms with E-state index in [4.69, 9.17) is 22.4 Å². The largest absolute Gasteiger partial charge is 0.466 e. The van der Waals surface area contributed by atoms with Gasteiger partial charge in [0.05, 0.1) is 16.4 Å². The summed E-state index contributed by atoms with van der Waals surface area (Å²) in [5, 5.41) is 2.91. The Labute approximate surface area is 113 Å². The molecular formula is C13H20N2O2S. The lowest BCUT2D eigenvalue weighted by Gasteiger charge is -2.24. The molecule has 1 aromatic heterocycles. The number of nitrogens with one attached hydrogen (secondary N) is 1. The number of carbonyl (C=O) groups is 1. The van der Waals surface area contributed by atoms with Gasteiger partial charge in [-0.05, 0) is 40.7 Å². The van der Waals surface area contributed by atoms with E-state index in [-0.39, 0.29) is 16.9 Å².